The molecule has 0 aliphatic carbocycles. The minimum atomic E-state index is -0.134. The fraction of sp³-hybridized carbons (Fsp3) is 0.188. The fourth-order valence-electron chi connectivity index (χ4n) is 2.19. The number of rotatable bonds is 5. The molecule has 0 atom stereocenters. The predicted octanol–water partition coefficient (Wildman–Crippen LogP) is 1.66. The first-order valence-corrected chi connectivity index (χ1v) is 6.91. The van der Waals surface area contributed by atoms with Gasteiger partial charge in [-0.25, -0.2) is 9.50 Å². The molecule has 0 spiro atoms. The second-order valence-electron chi connectivity index (χ2n) is 4.86. The van der Waals surface area contributed by atoms with Gasteiger partial charge in [-0.3, -0.25) is 4.79 Å². The van der Waals surface area contributed by atoms with E-state index >= 15 is 0 Å². The average molecular weight is 296 g/mol. The van der Waals surface area contributed by atoms with Crippen LogP contribution in [0.15, 0.2) is 48.8 Å². The van der Waals surface area contributed by atoms with E-state index in [4.69, 9.17) is 4.74 Å². The summed E-state index contributed by atoms with van der Waals surface area (Å²) in [5.41, 5.74) is 3.65. The number of amides is 1. The predicted molar refractivity (Wildman–Crippen MR) is 82.1 cm³/mol. The molecule has 2 aromatic heterocycles. The third-order valence-corrected chi connectivity index (χ3v) is 3.22. The van der Waals surface area contributed by atoms with Gasteiger partial charge in [0, 0.05) is 25.4 Å². The molecule has 3 rings (SSSR count). The van der Waals surface area contributed by atoms with Gasteiger partial charge in [0.05, 0.1) is 11.9 Å². The number of ether oxygens (including phenoxy) is 1. The first kappa shape index (κ1) is 14.2. The second kappa shape index (κ2) is 6.36. The van der Waals surface area contributed by atoms with E-state index in [1.807, 2.05) is 42.6 Å². The Kier molecular flexibility index (Phi) is 4.11. The van der Waals surface area contributed by atoms with Gasteiger partial charge >= 0.3 is 0 Å². The summed E-state index contributed by atoms with van der Waals surface area (Å²) >= 11 is 0. The number of nitrogens with one attached hydrogen (secondary N) is 1. The van der Waals surface area contributed by atoms with Crippen molar-refractivity contribution >= 4 is 11.6 Å². The molecular weight excluding hydrogens is 280 g/mol. The molecule has 0 bridgehead atoms. The Hall–Kier alpha value is -2.73. The first-order chi connectivity index (χ1) is 10.8. The van der Waals surface area contributed by atoms with Crippen molar-refractivity contribution in [1.82, 2.24) is 19.9 Å². The van der Waals surface area contributed by atoms with E-state index in [0.29, 0.717) is 6.54 Å². The van der Waals surface area contributed by atoms with Crippen LogP contribution in [-0.2, 0) is 16.1 Å². The van der Waals surface area contributed by atoms with Crippen LogP contribution in [0.1, 0.15) is 5.56 Å². The highest BCUT2D eigenvalue weighted by Crippen LogP contribution is 2.19. The lowest BCUT2D eigenvalue weighted by molar-refractivity contribution is -0.124. The van der Waals surface area contributed by atoms with Gasteiger partial charge in [-0.05, 0) is 23.8 Å². The number of carbonyl (C=O) groups excluding carboxylic acids is 1. The molecule has 0 aliphatic rings. The van der Waals surface area contributed by atoms with Crippen molar-refractivity contribution in [3.8, 4) is 11.3 Å². The normalized spacial score (nSPS) is 10.8. The topological polar surface area (TPSA) is 68.5 Å². The minimum Gasteiger partial charge on any atom is -0.375 e. The number of hydrogen-bond donors (Lipinski definition) is 1. The molecule has 6 nitrogen and oxygen atoms in total. The summed E-state index contributed by atoms with van der Waals surface area (Å²) in [6.45, 7) is 0.527. The third-order valence-electron chi connectivity index (χ3n) is 3.22. The van der Waals surface area contributed by atoms with Gasteiger partial charge in [0.2, 0.25) is 5.91 Å². The summed E-state index contributed by atoms with van der Waals surface area (Å²) in [4.78, 5) is 16.0. The van der Waals surface area contributed by atoms with E-state index in [-0.39, 0.29) is 12.5 Å². The first-order valence-electron chi connectivity index (χ1n) is 6.91. The number of fused-ring (bicyclic) bond motifs is 1. The van der Waals surface area contributed by atoms with Gasteiger partial charge in [-0.1, -0.05) is 18.2 Å². The van der Waals surface area contributed by atoms with Crippen LogP contribution in [0, 0.1) is 0 Å². The summed E-state index contributed by atoms with van der Waals surface area (Å²) in [7, 11) is 1.50. The molecule has 0 fully saturated rings. The van der Waals surface area contributed by atoms with Gasteiger partial charge in [0.25, 0.3) is 0 Å². The monoisotopic (exact) mass is 296 g/mol. The van der Waals surface area contributed by atoms with Crippen molar-refractivity contribution in [2.75, 3.05) is 13.7 Å². The molecule has 1 aromatic carbocycles. The Bertz CT molecular complexity index is 764. The van der Waals surface area contributed by atoms with Crippen LogP contribution in [0.2, 0.25) is 0 Å². The van der Waals surface area contributed by atoms with E-state index < -0.39 is 0 Å². The van der Waals surface area contributed by atoms with E-state index in [0.717, 1.165) is 22.5 Å². The van der Waals surface area contributed by atoms with E-state index in [1.165, 1.54) is 7.11 Å². The number of methoxy groups -OCH3 is 1. The van der Waals surface area contributed by atoms with Crippen molar-refractivity contribution in [3.05, 3.63) is 54.4 Å². The molecule has 0 radical (unpaired) electrons. The highest BCUT2D eigenvalue weighted by molar-refractivity contribution is 5.77. The average Bonchev–Trinajstić information content (AvgIpc) is 2.98. The molecule has 0 aliphatic heterocycles. The molecule has 1 N–H and O–H groups in total. The standard InChI is InChI=1S/C16H16N4O2/c1-22-11-16(21)17-9-12-4-2-5-13(8-12)14-10-20-15(19-14)6-3-7-18-20/h2-8,10H,9,11H2,1H3,(H,17,21). The Labute approximate surface area is 127 Å². The lowest BCUT2D eigenvalue weighted by atomic mass is 10.1. The zero-order valence-electron chi connectivity index (χ0n) is 12.2. The van der Waals surface area contributed by atoms with Crippen molar-refractivity contribution in [2.45, 2.75) is 6.54 Å². The Morgan fingerprint density at radius 3 is 3.05 bits per heavy atom. The minimum absolute atomic E-state index is 0.0673. The van der Waals surface area contributed by atoms with E-state index in [2.05, 4.69) is 15.4 Å². The Balaban J connectivity index is 1.80. The van der Waals surface area contributed by atoms with E-state index in [9.17, 15) is 4.79 Å². The van der Waals surface area contributed by atoms with Gasteiger partial charge < -0.3 is 10.1 Å². The van der Waals surface area contributed by atoms with Crippen LogP contribution in [0.4, 0.5) is 0 Å². The number of hydrogen-bond acceptors (Lipinski definition) is 4. The van der Waals surface area contributed by atoms with Crippen molar-refractivity contribution in [3.63, 3.8) is 0 Å². The molecule has 112 valence electrons. The quantitative estimate of drug-likeness (QED) is 0.777. The zero-order chi connectivity index (χ0) is 15.4. The molecule has 0 unspecified atom stereocenters. The van der Waals surface area contributed by atoms with Crippen molar-refractivity contribution in [1.29, 1.82) is 0 Å². The van der Waals surface area contributed by atoms with Crippen molar-refractivity contribution in [2.24, 2.45) is 0 Å². The summed E-state index contributed by atoms with van der Waals surface area (Å²) in [6.07, 6.45) is 3.61. The maximum atomic E-state index is 11.4. The van der Waals surface area contributed by atoms with Crippen LogP contribution in [-0.4, -0.2) is 34.2 Å². The number of carbonyl (C=O) groups is 1. The number of benzene rings is 1. The van der Waals surface area contributed by atoms with Gasteiger partial charge in [0.1, 0.15) is 6.61 Å². The molecule has 0 saturated carbocycles. The molecule has 22 heavy (non-hydrogen) atoms. The molecular formula is C16H16N4O2. The summed E-state index contributed by atoms with van der Waals surface area (Å²) < 4.78 is 6.53. The molecule has 2 heterocycles. The van der Waals surface area contributed by atoms with Gasteiger partial charge in [-0.15, -0.1) is 0 Å². The lowest BCUT2D eigenvalue weighted by Gasteiger charge is -2.06. The smallest absolute Gasteiger partial charge is 0.246 e. The van der Waals surface area contributed by atoms with Crippen LogP contribution in [0.5, 0.6) is 0 Å². The summed E-state index contributed by atoms with van der Waals surface area (Å²) in [5.74, 6) is -0.134. The second-order valence-corrected chi connectivity index (χ2v) is 4.86. The van der Waals surface area contributed by atoms with Crippen LogP contribution in [0.3, 0.4) is 0 Å². The molecule has 3 aromatic rings. The maximum Gasteiger partial charge on any atom is 0.246 e. The number of nitrogens with zero attached hydrogens (tertiary/aromatic N) is 3. The summed E-state index contributed by atoms with van der Waals surface area (Å²) in [6, 6.07) is 11.7. The molecule has 1 amide bonds. The summed E-state index contributed by atoms with van der Waals surface area (Å²) in [5, 5.41) is 7.02. The fourth-order valence-corrected chi connectivity index (χ4v) is 2.19. The molecule has 0 saturated heterocycles. The van der Waals surface area contributed by atoms with Crippen molar-refractivity contribution < 1.29 is 9.53 Å². The van der Waals surface area contributed by atoms with Crippen LogP contribution >= 0.6 is 0 Å². The number of aromatic nitrogens is 3. The highest BCUT2D eigenvalue weighted by Gasteiger charge is 2.06. The maximum absolute atomic E-state index is 11.4. The van der Waals surface area contributed by atoms with Crippen LogP contribution in [0.25, 0.3) is 16.9 Å². The van der Waals surface area contributed by atoms with Gasteiger partial charge in [0.15, 0.2) is 5.65 Å². The van der Waals surface area contributed by atoms with Crippen LogP contribution < -0.4 is 5.32 Å². The Morgan fingerprint density at radius 1 is 1.32 bits per heavy atom. The third kappa shape index (κ3) is 3.12. The number of imidazole rings is 1. The van der Waals surface area contributed by atoms with E-state index in [1.54, 1.807) is 10.7 Å². The molecule has 6 heteroatoms. The zero-order valence-corrected chi connectivity index (χ0v) is 12.2. The highest BCUT2D eigenvalue weighted by atomic mass is 16.5. The van der Waals surface area contributed by atoms with Gasteiger partial charge in [-0.2, -0.15) is 5.10 Å². The largest absolute Gasteiger partial charge is 0.375 e. The SMILES string of the molecule is COCC(=O)NCc1cccc(-c2cn3ncccc3n2)c1. The Morgan fingerprint density at radius 2 is 2.23 bits per heavy atom. The lowest BCUT2D eigenvalue weighted by Crippen LogP contribution is -2.26.